The minimum absolute atomic E-state index is 0.00487. The summed E-state index contributed by atoms with van der Waals surface area (Å²) < 4.78 is 0. The van der Waals surface area contributed by atoms with Crippen LogP contribution in [0.3, 0.4) is 0 Å². The summed E-state index contributed by atoms with van der Waals surface area (Å²) in [6.45, 7) is 7.22. The van der Waals surface area contributed by atoms with Crippen molar-refractivity contribution in [2.24, 2.45) is 0 Å². The summed E-state index contributed by atoms with van der Waals surface area (Å²) in [5, 5.41) is 8.81. The van der Waals surface area contributed by atoms with Gasteiger partial charge in [0.15, 0.2) is 0 Å². The Bertz CT molecular complexity index is 324. The number of hydrogen-bond acceptors (Lipinski definition) is 4. The lowest BCUT2D eigenvalue weighted by molar-refractivity contribution is -0.120. The molecule has 0 aliphatic rings. The molecule has 1 unspecified atom stereocenters. The molecular formula is C11H17N3OS. The summed E-state index contributed by atoms with van der Waals surface area (Å²) in [6, 6.07) is 0. The molecule has 1 aromatic heterocycles. The zero-order valence-electron chi connectivity index (χ0n) is 9.40. The van der Waals surface area contributed by atoms with E-state index >= 15 is 0 Å². The Labute approximate surface area is 99.8 Å². The number of thiazole rings is 1. The van der Waals surface area contributed by atoms with Crippen LogP contribution in [-0.4, -0.2) is 30.5 Å². The van der Waals surface area contributed by atoms with Gasteiger partial charge in [0, 0.05) is 30.6 Å². The monoisotopic (exact) mass is 239 g/mol. The lowest BCUT2D eigenvalue weighted by Gasteiger charge is -2.10. The van der Waals surface area contributed by atoms with E-state index in [-0.39, 0.29) is 11.8 Å². The van der Waals surface area contributed by atoms with Gasteiger partial charge >= 0.3 is 0 Å². The van der Waals surface area contributed by atoms with Crippen LogP contribution in [0.1, 0.15) is 17.8 Å². The van der Waals surface area contributed by atoms with E-state index in [2.05, 4.69) is 29.1 Å². The highest BCUT2D eigenvalue weighted by Crippen LogP contribution is 2.15. The van der Waals surface area contributed by atoms with Crippen molar-refractivity contribution < 1.29 is 4.79 Å². The second-order valence-electron chi connectivity index (χ2n) is 3.50. The molecular weight excluding hydrogens is 222 g/mol. The SMILES string of the molecule is C=CCNCC(=O)NCC(C)c1nccs1. The summed E-state index contributed by atoms with van der Waals surface area (Å²) >= 11 is 1.61. The van der Waals surface area contributed by atoms with Crippen molar-refractivity contribution in [3.8, 4) is 0 Å². The summed E-state index contributed by atoms with van der Waals surface area (Å²) in [5.74, 6) is 0.272. The van der Waals surface area contributed by atoms with Gasteiger partial charge in [-0.1, -0.05) is 13.0 Å². The van der Waals surface area contributed by atoms with Crippen LogP contribution >= 0.6 is 11.3 Å². The fourth-order valence-corrected chi connectivity index (χ4v) is 1.88. The third-order valence-corrected chi connectivity index (χ3v) is 3.06. The van der Waals surface area contributed by atoms with Crippen molar-refractivity contribution in [1.82, 2.24) is 15.6 Å². The summed E-state index contributed by atoms with van der Waals surface area (Å²) in [6.07, 6.45) is 3.51. The fourth-order valence-electron chi connectivity index (χ4n) is 1.18. The molecule has 0 aromatic carbocycles. The van der Waals surface area contributed by atoms with Gasteiger partial charge < -0.3 is 10.6 Å². The number of nitrogens with one attached hydrogen (secondary N) is 2. The molecule has 5 heteroatoms. The minimum atomic E-state index is 0.00487. The number of amides is 1. The van der Waals surface area contributed by atoms with Crippen molar-refractivity contribution in [1.29, 1.82) is 0 Å². The van der Waals surface area contributed by atoms with Crippen LogP contribution < -0.4 is 10.6 Å². The summed E-state index contributed by atoms with van der Waals surface area (Å²) in [5.41, 5.74) is 0. The molecule has 1 aromatic rings. The van der Waals surface area contributed by atoms with Crippen molar-refractivity contribution in [2.45, 2.75) is 12.8 Å². The van der Waals surface area contributed by atoms with Gasteiger partial charge in [0.2, 0.25) is 5.91 Å². The van der Waals surface area contributed by atoms with Crippen LogP contribution in [0.2, 0.25) is 0 Å². The van der Waals surface area contributed by atoms with E-state index in [1.54, 1.807) is 23.6 Å². The van der Waals surface area contributed by atoms with Crippen molar-refractivity contribution in [3.05, 3.63) is 29.2 Å². The van der Waals surface area contributed by atoms with Gasteiger partial charge in [-0.2, -0.15) is 0 Å². The Balaban J connectivity index is 2.19. The molecule has 2 N–H and O–H groups in total. The molecule has 1 amide bonds. The second kappa shape index (κ2) is 7.14. The largest absolute Gasteiger partial charge is 0.354 e. The van der Waals surface area contributed by atoms with Gasteiger partial charge in [-0.15, -0.1) is 17.9 Å². The number of rotatable bonds is 7. The molecule has 16 heavy (non-hydrogen) atoms. The van der Waals surface area contributed by atoms with E-state index in [4.69, 9.17) is 0 Å². The number of carbonyl (C=O) groups is 1. The molecule has 0 radical (unpaired) electrons. The van der Waals surface area contributed by atoms with E-state index < -0.39 is 0 Å². The highest BCUT2D eigenvalue weighted by atomic mass is 32.1. The number of hydrogen-bond donors (Lipinski definition) is 2. The van der Waals surface area contributed by atoms with Gasteiger partial charge in [0.1, 0.15) is 0 Å². The first-order chi connectivity index (χ1) is 7.74. The average molecular weight is 239 g/mol. The molecule has 0 bridgehead atoms. The normalized spacial score (nSPS) is 12.1. The standard InChI is InChI=1S/C11H17N3OS/c1-3-4-12-8-10(15)14-7-9(2)11-13-5-6-16-11/h3,5-6,9,12H,1,4,7-8H2,2H3,(H,14,15). The molecule has 0 spiro atoms. The van der Waals surface area contributed by atoms with E-state index in [9.17, 15) is 4.79 Å². The highest BCUT2D eigenvalue weighted by molar-refractivity contribution is 7.09. The smallest absolute Gasteiger partial charge is 0.233 e. The fraction of sp³-hybridized carbons (Fsp3) is 0.455. The highest BCUT2D eigenvalue weighted by Gasteiger charge is 2.09. The second-order valence-corrected chi connectivity index (χ2v) is 4.42. The molecule has 1 rings (SSSR count). The first-order valence-corrected chi connectivity index (χ1v) is 6.09. The van der Waals surface area contributed by atoms with Gasteiger partial charge in [0.25, 0.3) is 0 Å². The van der Waals surface area contributed by atoms with E-state index in [1.165, 1.54) is 0 Å². The van der Waals surface area contributed by atoms with Crippen LogP contribution in [-0.2, 0) is 4.79 Å². The third-order valence-electron chi connectivity index (χ3n) is 2.05. The minimum Gasteiger partial charge on any atom is -0.354 e. The molecule has 4 nitrogen and oxygen atoms in total. The molecule has 1 atom stereocenters. The van der Waals surface area contributed by atoms with Gasteiger partial charge in [-0.05, 0) is 0 Å². The van der Waals surface area contributed by atoms with E-state index in [1.807, 2.05) is 5.38 Å². The van der Waals surface area contributed by atoms with Gasteiger partial charge in [0.05, 0.1) is 11.6 Å². The maximum absolute atomic E-state index is 11.4. The Morgan fingerprint density at radius 1 is 1.75 bits per heavy atom. The lowest BCUT2D eigenvalue weighted by Crippen LogP contribution is -2.35. The number of nitrogens with zero attached hydrogens (tertiary/aromatic N) is 1. The first-order valence-electron chi connectivity index (χ1n) is 5.21. The number of aromatic nitrogens is 1. The molecule has 1 heterocycles. The molecule has 0 fully saturated rings. The average Bonchev–Trinajstić information content (AvgIpc) is 2.79. The van der Waals surface area contributed by atoms with E-state index in [0.29, 0.717) is 19.6 Å². The maximum Gasteiger partial charge on any atom is 0.233 e. The molecule has 0 aliphatic carbocycles. The van der Waals surface area contributed by atoms with Crippen LogP contribution in [0.4, 0.5) is 0 Å². The van der Waals surface area contributed by atoms with Crippen LogP contribution in [0, 0.1) is 0 Å². The van der Waals surface area contributed by atoms with Crippen LogP contribution in [0.5, 0.6) is 0 Å². The topological polar surface area (TPSA) is 54.0 Å². The predicted octanol–water partition coefficient (Wildman–Crippen LogP) is 1.14. The van der Waals surface area contributed by atoms with Crippen LogP contribution in [0.25, 0.3) is 0 Å². The Morgan fingerprint density at radius 3 is 3.19 bits per heavy atom. The zero-order chi connectivity index (χ0) is 11.8. The van der Waals surface area contributed by atoms with Crippen LogP contribution in [0.15, 0.2) is 24.2 Å². The lowest BCUT2D eigenvalue weighted by atomic mass is 10.2. The van der Waals surface area contributed by atoms with Crippen molar-refractivity contribution >= 4 is 17.2 Å². The quantitative estimate of drug-likeness (QED) is 0.554. The van der Waals surface area contributed by atoms with Crippen molar-refractivity contribution in [3.63, 3.8) is 0 Å². The molecule has 0 saturated carbocycles. The number of carbonyl (C=O) groups excluding carboxylic acids is 1. The zero-order valence-corrected chi connectivity index (χ0v) is 10.2. The van der Waals surface area contributed by atoms with Gasteiger partial charge in [-0.25, -0.2) is 4.98 Å². The third kappa shape index (κ3) is 4.55. The Morgan fingerprint density at radius 2 is 2.56 bits per heavy atom. The molecule has 0 aliphatic heterocycles. The Kier molecular flexibility index (Phi) is 5.74. The summed E-state index contributed by atoms with van der Waals surface area (Å²) in [7, 11) is 0. The molecule has 88 valence electrons. The predicted molar refractivity (Wildman–Crippen MR) is 66.6 cm³/mol. The van der Waals surface area contributed by atoms with Crippen molar-refractivity contribution in [2.75, 3.05) is 19.6 Å². The summed E-state index contributed by atoms with van der Waals surface area (Å²) in [4.78, 5) is 15.6. The first kappa shape index (κ1) is 12.9. The van der Waals surface area contributed by atoms with E-state index in [0.717, 1.165) is 5.01 Å². The Hall–Kier alpha value is -1.20. The maximum atomic E-state index is 11.4. The van der Waals surface area contributed by atoms with Gasteiger partial charge in [-0.3, -0.25) is 4.79 Å². The molecule has 0 saturated heterocycles.